The van der Waals surface area contributed by atoms with Crippen LogP contribution in [-0.4, -0.2) is 22.6 Å². The first-order valence-electron chi connectivity index (χ1n) is 6.55. The molecule has 18 heavy (non-hydrogen) atoms. The molecular weight excluding hydrogens is 260 g/mol. The number of thiazole rings is 1. The minimum Gasteiger partial charge on any atom is -0.309 e. The third-order valence-corrected chi connectivity index (χ3v) is 5.22. The van der Waals surface area contributed by atoms with E-state index in [1.807, 2.05) is 0 Å². The van der Waals surface area contributed by atoms with E-state index in [-0.39, 0.29) is 0 Å². The Bertz CT molecular complexity index is 591. The second kappa shape index (κ2) is 5.11. The van der Waals surface area contributed by atoms with E-state index in [1.165, 1.54) is 36.1 Å². The van der Waals surface area contributed by atoms with E-state index in [2.05, 4.69) is 40.7 Å². The lowest BCUT2D eigenvalue weighted by atomic mass is 10.00. The summed E-state index contributed by atoms with van der Waals surface area (Å²) in [5, 5.41) is 0. The Labute approximate surface area is 117 Å². The first-order chi connectivity index (χ1) is 8.74. The molecule has 1 aromatic carbocycles. The van der Waals surface area contributed by atoms with Gasteiger partial charge in [-0.2, -0.15) is 0 Å². The zero-order chi connectivity index (χ0) is 12.5. The van der Waals surface area contributed by atoms with Gasteiger partial charge in [-0.15, -0.1) is 11.3 Å². The summed E-state index contributed by atoms with van der Waals surface area (Å²) in [5.41, 5.74) is 1.28. The van der Waals surface area contributed by atoms with Gasteiger partial charge in [0.1, 0.15) is 0 Å². The fourth-order valence-electron chi connectivity index (χ4n) is 2.55. The van der Waals surface area contributed by atoms with Gasteiger partial charge >= 0.3 is 0 Å². The first kappa shape index (κ1) is 12.3. The highest BCUT2D eigenvalue weighted by Crippen LogP contribution is 2.24. The summed E-state index contributed by atoms with van der Waals surface area (Å²) in [4.78, 5) is 2.52. The van der Waals surface area contributed by atoms with Crippen molar-refractivity contribution in [2.75, 3.05) is 13.1 Å². The Hall–Kier alpha value is -0.710. The molecule has 2 nitrogen and oxygen atoms in total. The highest BCUT2D eigenvalue weighted by Gasteiger charge is 2.16. The summed E-state index contributed by atoms with van der Waals surface area (Å²) in [6.45, 7) is 5.71. The van der Waals surface area contributed by atoms with E-state index < -0.39 is 0 Å². The van der Waals surface area contributed by atoms with Gasteiger partial charge in [-0.3, -0.25) is 4.90 Å². The Kier molecular flexibility index (Phi) is 3.50. The van der Waals surface area contributed by atoms with Gasteiger partial charge in [0.25, 0.3) is 0 Å². The van der Waals surface area contributed by atoms with Crippen molar-refractivity contribution in [3.05, 3.63) is 28.2 Å². The first-order valence-corrected chi connectivity index (χ1v) is 7.77. The molecule has 0 spiro atoms. The molecule has 1 fully saturated rings. The molecule has 1 aliphatic rings. The van der Waals surface area contributed by atoms with Crippen LogP contribution in [-0.2, 0) is 6.67 Å². The predicted octanol–water partition coefficient (Wildman–Crippen LogP) is 4.12. The van der Waals surface area contributed by atoms with Crippen LogP contribution in [0.15, 0.2) is 24.3 Å². The lowest BCUT2D eigenvalue weighted by Gasteiger charge is -2.30. The molecule has 1 aromatic heterocycles. The molecule has 0 atom stereocenters. The molecule has 0 bridgehead atoms. The summed E-state index contributed by atoms with van der Waals surface area (Å²) in [6, 6.07) is 8.51. The molecule has 0 unspecified atom stereocenters. The zero-order valence-corrected chi connectivity index (χ0v) is 12.3. The number of para-hydroxylation sites is 1. The third kappa shape index (κ3) is 2.37. The average Bonchev–Trinajstić information content (AvgIpc) is 2.69. The molecule has 3 rings (SSSR count). The van der Waals surface area contributed by atoms with Gasteiger partial charge in [0.05, 0.1) is 16.9 Å². The van der Waals surface area contributed by atoms with Crippen LogP contribution in [0.25, 0.3) is 10.2 Å². The van der Waals surface area contributed by atoms with E-state index in [0.717, 1.165) is 16.5 Å². The number of likely N-dealkylation sites (tertiary alicyclic amines) is 1. The molecule has 0 aliphatic carbocycles. The van der Waals surface area contributed by atoms with Gasteiger partial charge in [0, 0.05) is 13.1 Å². The standard InChI is InChI=1S/C14H18N2S2/c1-11-6-8-15(9-7-11)10-16-12-4-2-3-5-13(12)18-14(16)17/h2-5,11H,6-10H2,1H3. The van der Waals surface area contributed by atoms with Crippen molar-refractivity contribution in [2.45, 2.75) is 26.4 Å². The molecule has 0 saturated carbocycles. The summed E-state index contributed by atoms with van der Waals surface area (Å²) < 4.78 is 4.58. The van der Waals surface area contributed by atoms with Crippen LogP contribution in [0.5, 0.6) is 0 Å². The minimum absolute atomic E-state index is 0.883. The van der Waals surface area contributed by atoms with Crippen molar-refractivity contribution in [1.29, 1.82) is 0 Å². The van der Waals surface area contributed by atoms with E-state index in [0.29, 0.717) is 0 Å². The average molecular weight is 278 g/mol. The van der Waals surface area contributed by atoms with E-state index in [1.54, 1.807) is 11.3 Å². The fraction of sp³-hybridized carbons (Fsp3) is 0.500. The minimum atomic E-state index is 0.883. The SMILES string of the molecule is CC1CCN(Cn2c(=S)sc3ccccc32)CC1. The smallest absolute Gasteiger partial charge is 0.163 e. The highest BCUT2D eigenvalue weighted by atomic mass is 32.1. The van der Waals surface area contributed by atoms with Crippen LogP contribution < -0.4 is 0 Å². The van der Waals surface area contributed by atoms with Gasteiger partial charge in [-0.25, -0.2) is 0 Å². The van der Waals surface area contributed by atoms with Gasteiger partial charge in [-0.05, 0) is 43.1 Å². The Morgan fingerprint density at radius 2 is 2.00 bits per heavy atom. The van der Waals surface area contributed by atoms with Crippen LogP contribution in [0.4, 0.5) is 0 Å². The number of aromatic nitrogens is 1. The molecule has 1 aliphatic heterocycles. The monoisotopic (exact) mass is 278 g/mol. The molecule has 0 radical (unpaired) electrons. The van der Waals surface area contributed by atoms with Gasteiger partial charge in [-0.1, -0.05) is 19.1 Å². The number of hydrogen-bond donors (Lipinski definition) is 0. The lowest BCUT2D eigenvalue weighted by molar-refractivity contribution is 0.156. The number of hydrogen-bond acceptors (Lipinski definition) is 3. The lowest BCUT2D eigenvalue weighted by Crippen LogP contribution is -2.34. The summed E-state index contributed by atoms with van der Waals surface area (Å²) >= 11 is 7.22. The van der Waals surface area contributed by atoms with Crippen LogP contribution in [0.3, 0.4) is 0 Å². The van der Waals surface area contributed by atoms with Gasteiger partial charge < -0.3 is 4.57 Å². The Morgan fingerprint density at radius 1 is 1.28 bits per heavy atom. The number of rotatable bonds is 2. The van der Waals surface area contributed by atoms with Crippen molar-refractivity contribution in [3.8, 4) is 0 Å². The van der Waals surface area contributed by atoms with Crippen molar-refractivity contribution >= 4 is 33.8 Å². The number of piperidine rings is 1. The third-order valence-electron chi connectivity index (χ3n) is 3.79. The fourth-order valence-corrected chi connectivity index (χ4v) is 3.86. The second-order valence-corrected chi connectivity index (χ2v) is 6.88. The zero-order valence-electron chi connectivity index (χ0n) is 10.6. The van der Waals surface area contributed by atoms with Crippen LogP contribution in [0.2, 0.25) is 0 Å². The molecule has 1 saturated heterocycles. The van der Waals surface area contributed by atoms with Crippen LogP contribution in [0, 0.1) is 9.87 Å². The van der Waals surface area contributed by atoms with Crippen molar-refractivity contribution in [2.24, 2.45) is 5.92 Å². The maximum Gasteiger partial charge on any atom is 0.163 e. The van der Waals surface area contributed by atoms with Crippen molar-refractivity contribution in [3.63, 3.8) is 0 Å². The normalized spacial score (nSPS) is 18.5. The predicted molar refractivity (Wildman–Crippen MR) is 80.6 cm³/mol. The molecule has 2 heterocycles. The largest absolute Gasteiger partial charge is 0.309 e. The Balaban J connectivity index is 1.86. The molecule has 2 aromatic rings. The molecule has 4 heteroatoms. The highest BCUT2D eigenvalue weighted by molar-refractivity contribution is 7.73. The van der Waals surface area contributed by atoms with Crippen LogP contribution >= 0.6 is 23.6 Å². The quantitative estimate of drug-likeness (QED) is 0.764. The van der Waals surface area contributed by atoms with Gasteiger partial charge in [0.2, 0.25) is 0 Å². The Morgan fingerprint density at radius 3 is 2.78 bits per heavy atom. The summed E-state index contributed by atoms with van der Waals surface area (Å²) in [6.07, 6.45) is 2.63. The number of fused-ring (bicyclic) bond motifs is 1. The molecule has 0 amide bonds. The van der Waals surface area contributed by atoms with Crippen molar-refractivity contribution in [1.82, 2.24) is 9.47 Å². The second-order valence-electron chi connectivity index (χ2n) is 5.21. The molecule has 96 valence electrons. The summed E-state index contributed by atoms with van der Waals surface area (Å²) in [7, 11) is 0. The molecular formula is C14H18N2S2. The van der Waals surface area contributed by atoms with Crippen LogP contribution in [0.1, 0.15) is 19.8 Å². The maximum atomic E-state index is 5.50. The van der Waals surface area contributed by atoms with E-state index >= 15 is 0 Å². The molecule has 0 N–H and O–H groups in total. The maximum absolute atomic E-state index is 5.50. The van der Waals surface area contributed by atoms with E-state index in [9.17, 15) is 0 Å². The van der Waals surface area contributed by atoms with Gasteiger partial charge in [0.15, 0.2) is 3.95 Å². The summed E-state index contributed by atoms with van der Waals surface area (Å²) in [5.74, 6) is 0.883. The van der Waals surface area contributed by atoms with E-state index in [4.69, 9.17) is 12.2 Å². The van der Waals surface area contributed by atoms with Crippen molar-refractivity contribution < 1.29 is 0 Å². The number of benzene rings is 1. The number of nitrogens with zero attached hydrogens (tertiary/aromatic N) is 2. The topological polar surface area (TPSA) is 8.17 Å².